The fraction of sp³-hybridized carbons (Fsp3) is 0.778. The van der Waals surface area contributed by atoms with Gasteiger partial charge < -0.3 is 0 Å². The first-order chi connectivity index (χ1) is 7.61. The Kier molecular flexibility index (Phi) is 6.61. The Balaban J connectivity index is 0.000000284. The van der Waals surface area contributed by atoms with Crippen LogP contribution in [0.15, 0.2) is 0 Å². The van der Waals surface area contributed by atoms with Crippen LogP contribution in [0.3, 0.4) is 0 Å². The number of hydrogen-bond acceptors (Lipinski definition) is 6. The Morgan fingerprint density at radius 2 is 1.12 bits per heavy atom. The van der Waals surface area contributed by atoms with E-state index in [9.17, 15) is 0 Å². The van der Waals surface area contributed by atoms with E-state index in [1.54, 1.807) is 0 Å². The van der Waals surface area contributed by atoms with Gasteiger partial charge in [0.15, 0.2) is 11.6 Å². The minimum absolute atomic E-state index is 0. The van der Waals surface area contributed by atoms with E-state index in [2.05, 4.69) is 41.2 Å². The molecule has 0 aliphatic heterocycles. The number of rotatable bonds is 2. The highest BCUT2D eigenvalue weighted by atomic mass is 15.5. The van der Waals surface area contributed by atoms with E-state index in [1.807, 2.05) is 27.7 Å². The lowest BCUT2D eigenvalue weighted by atomic mass is 10.2. The molecule has 0 amide bonds. The summed E-state index contributed by atoms with van der Waals surface area (Å²) in [5, 5.41) is 26.6. The quantitative estimate of drug-likeness (QED) is 0.818. The molecule has 0 atom stereocenters. The topological polar surface area (TPSA) is 109 Å². The molecule has 0 aliphatic rings. The molecular formula is C9H20N8. The Morgan fingerprint density at radius 3 is 1.24 bits per heavy atom. The third-order valence-electron chi connectivity index (χ3n) is 1.76. The first-order valence-corrected chi connectivity index (χ1v) is 5.08. The van der Waals surface area contributed by atoms with Crippen molar-refractivity contribution in [2.45, 2.75) is 47.0 Å². The second kappa shape index (κ2) is 7.42. The number of aromatic amines is 2. The van der Waals surface area contributed by atoms with Gasteiger partial charge in [-0.15, -0.1) is 20.4 Å². The Hall–Kier alpha value is -1.86. The van der Waals surface area contributed by atoms with Crippen LogP contribution in [0.5, 0.6) is 0 Å². The third kappa shape index (κ3) is 5.14. The summed E-state index contributed by atoms with van der Waals surface area (Å²) in [6.07, 6.45) is 0. The first-order valence-electron chi connectivity index (χ1n) is 5.08. The van der Waals surface area contributed by atoms with E-state index in [0.717, 1.165) is 11.6 Å². The van der Waals surface area contributed by atoms with Gasteiger partial charge in [-0.05, 0) is 0 Å². The molecule has 2 heterocycles. The van der Waals surface area contributed by atoms with Gasteiger partial charge in [-0.25, -0.2) is 0 Å². The van der Waals surface area contributed by atoms with Gasteiger partial charge in [0.2, 0.25) is 0 Å². The second-order valence-electron chi connectivity index (χ2n) is 3.85. The average molecular weight is 240 g/mol. The van der Waals surface area contributed by atoms with Crippen molar-refractivity contribution in [3.63, 3.8) is 0 Å². The van der Waals surface area contributed by atoms with Gasteiger partial charge in [-0.2, -0.15) is 10.4 Å². The number of aromatic nitrogens is 8. The smallest absolute Gasteiger partial charge is 0.177 e. The molecule has 0 unspecified atom stereocenters. The molecule has 0 spiro atoms. The van der Waals surface area contributed by atoms with Gasteiger partial charge in [0, 0.05) is 11.8 Å². The molecule has 2 aromatic heterocycles. The molecule has 0 saturated carbocycles. The highest BCUT2D eigenvalue weighted by Gasteiger charge is 2.01. The van der Waals surface area contributed by atoms with Crippen LogP contribution in [0, 0.1) is 0 Å². The van der Waals surface area contributed by atoms with Crippen molar-refractivity contribution < 1.29 is 0 Å². The van der Waals surface area contributed by atoms with Crippen LogP contribution in [-0.4, -0.2) is 41.2 Å². The minimum Gasteiger partial charge on any atom is -0.177 e. The van der Waals surface area contributed by atoms with Gasteiger partial charge >= 0.3 is 0 Å². The van der Waals surface area contributed by atoms with E-state index in [-0.39, 0.29) is 7.43 Å². The van der Waals surface area contributed by atoms with Crippen LogP contribution in [0.25, 0.3) is 0 Å². The second-order valence-corrected chi connectivity index (χ2v) is 3.85. The molecule has 0 radical (unpaired) electrons. The van der Waals surface area contributed by atoms with Crippen molar-refractivity contribution in [1.82, 2.24) is 41.2 Å². The van der Waals surface area contributed by atoms with Crippen LogP contribution >= 0.6 is 0 Å². The Morgan fingerprint density at radius 1 is 0.765 bits per heavy atom. The lowest BCUT2D eigenvalue weighted by molar-refractivity contribution is 0.778. The van der Waals surface area contributed by atoms with E-state index < -0.39 is 0 Å². The number of nitrogens with zero attached hydrogens (tertiary/aromatic N) is 6. The van der Waals surface area contributed by atoms with Crippen molar-refractivity contribution >= 4 is 0 Å². The molecule has 0 bridgehead atoms. The monoisotopic (exact) mass is 240 g/mol. The molecule has 17 heavy (non-hydrogen) atoms. The Labute approximate surface area is 101 Å². The standard InChI is InChI=1S/2C4H8N4.CH4/c2*1-3(2)4-5-7-8-6-4;/h2*3H,1-2H3,(H,5,6,7,8);1H4. The SMILES string of the molecule is C.CC(C)c1nn[nH]n1.CC(C)c1nn[nH]n1. The maximum atomic E-state index is 3.77. The lowest BCUT2D eigenvalue weighted by Gasteiger charge is -1.90. The van der Waals surface area contributed by atoms with E-state index in [0.29, 0.717) is 11.8 Å². The van der Waals surface area contributed by atoms with Crippen molar-refractivity contribution in [3.8, 4) is 0 Å². The van der Waals surface area contributed by atoms with Gasteiger partial charge in [0.05, 0.1) is 0 Å². The molecule has 8 nitrogen and oxygen atoms in total. The summed E-state index contributed by atoms with van der Waals surface area (Å²) in [5.41, 5.74) is 0. The van der Waals surface area contributed by atoms with Crippen LogP contribution in [-0.2, 0) is 0 Å². The highest BCUT2D eigenvalue weighted by molar-refractivity contribution is 4.83. The number of hydrogen-bond donors (Lipinski definition) is 2. The van der Waals surface area contributed by atoms with Crippen molar-refractivity contribution in [3.05, 3.63) is 11.6 Å². The normalized spacial score (nSPS) is 9.76. The van der Waals surface area contributed by atoms with E-state index in [1.165, 1.54) is 0 Å². The molecule has 0 aromatic carbocycles. The fourth-order valence-corrected chi connectivity index (χ4v) is 0.828. The molecular weight excluding hydrogens is 220 g/mol. The first kappa shape index (κ1) is 15.1. The maximum absolute atomic E-state index is 3.77. The van der Waals surface area contributed by atoms with E-state index >= 15 is 0 Å². The molecule has 0 aliphatic carbocycles. The molecule has 0 saturated heterocycles. The van der Waals surface area contributed by atoms with Crippen molar-refractivity contribution in [2.75, 3.05) is 0 Å². The number of tetrazole rings is 2. The third-order valence-corrected chi connectivity index (χ3v) is 1.76. The number of H-pyrrole nitrogens is 2. The summed E-state index contributed by atoms with van der Waals surface area (Å²) in [4.78, 5) is 0. The molecule has 8 heteroatoms. The Bertz CT molecular complexity index is 325. The summed E-state index contributed by atoms with van der Waals surface area (Å²) >= 11 is 0. The molecule has 2 aromatic rings. The average Bonchev–Trinajstić information content (AvgIpc) is 2.93. The predicted octanol–water partition coefficient (Wildman–Crippen LogP) is 1.28. The molecule has 2 rings (SSSR count). The summed E-state index contributed by atoms with van der Waals surface area (Å²) in [6.45, 7) is 8.07. The zero-order valence-electron chi connectivity index (χ0n) is 9.84. The summed E-state index contributed by atoms with van der Waals surface area (Å²) in [6, 6.07) is 0. The van der Waals surface area contributed by atoms with Gasteiger partial charge in [0.1, 0.15) is 0 Å². The molecule has 2 N–H and O–H groups in total. The van der Waals surface area contributed by atoms with Crippen LogP contribution in [0.1, 0.15) is 58.6 Å². The zero-order valence-corrected chi connectivity index (χ0v) is 9.84. The van der Waals surface area contributed by atoms with Gasteiger partial charge in [-0.1, -0.05) is 45.5 Å². The van der Waals surface area contributed by atoms with Crippen LogP contribution in [0.2, 0.25) is 0 Å². The number of nitrogens with one attached hydrogen (secondary N) is 2. The van der Waals surface area contributed by atoms with Crippen LogP contribution < -0.4 is 0 Å². The van der Waals surface area contributed by atoms with Gasteiger partial charge in [-0.3, -0.25) is 0 Å². The maximum Gasteiger partial charge on any atom is 0.177 e. The highest BCUT2D eigenvalue weighted by Crippen LogP contribution is 2.03. The summed E-state index contributed by atoms with van der Waals surface area (Å²) < 4.78 is 0. The lowest BCUT2D eigenvalue weighted by Crippen LogP contribution is -1.88. The van der Waals surface area contributed by atoms with Crippen molar-refractivity contribution in [1.29, 1.82) is 0 Å². The van der Waals surface area contributed by atoms with Crippen molar-refractivity contribution in [2.24, 2.45) is 0 Å². The minimum atomic E-state index is 0. The molecule has 0 fully saturated rings. The molecule has 96 valence electrons. The summed E-state index contributed by atoms with van der Waals surface area (Å²) in [7, 11) is 0. The zero-order chi connectivity index (χ0) is 12.0. The van der Waals surface area contributed by atoms with Gasteiger partial charge in [0.25, 0.3) is 0 Å². The fourth-order valence-electron chi connectivity index (χ4n) is 0.828. The predicted molar refractivity (Wildman–Crippen MR) is 63.3 cm³/mol. The van der Waals surface area contributed by atoms with Crippen LogP contribution in [0.4, 0.5) is 0 Å². The summed E-state index contributed by atoms with van der Waals surface area (Å²) in [5.74, 6) is 2.28. The largest absolute Gasteiger partial charge is 0.177 e. The van der Waals surface area contributed by atoms with E-state index in [4.69, 9.17) is 0 Å².